The molecule has 0 aromatic heterocycles. The van der Waals surface area contributed by atoms with Crippen LogP contribution in [0.3, 0.4) is 0 Å². The van der Waals surface area contributed by atoms with E-state index in [0.717, 1.165) is 24.8 Å². The molecule has 0 unspecified atom stereocenters. The lowest BCUT2D eigenvalue weighted by atomic mass is 10.0. The number of esters is 2. The third kappa shape index (κ3) is 25.8. The molecule has 0 spiro atoms. The van der Waals surface area contributed by atoms with Crippen molar-refractivity contribution in [3.05, 3.63) is 23.3 Å². The van der Waals surface area contributed by atoms with Crippen molar-refractivity contribution in [2.75, 3.05) is 13.7 Å². The summed E-state index contributed by atoms with van der Waals surface area (Å²) in [4.78, 5) is 22.6. The van der Waals surface area contributed by atoms with Gasteiger partial charge in [0.1, 0.15) is 0 Å². The summed E-state index contributed by atoms with van der Waals surface area (Å²) < 4.78 is 9.63. The number of hydrogen-bond acceptors (Lipinski definition) is 4. The molecule has 0 atom stereocenters. The molecule has 0 aliphatic heterocycles. The van der Waals surface area contributed by atoms with Crippen LogP contribution in [0.1, 0.15) is 163 Å². The molecule has 4 nitrogen and oxygen atoms in total. The normalized spacial score (nSPS) is 11.3. The number of carbonyl (C=O) groups excluding carboxylic acids is 2. The fourth-order valence-electron chi connectivity index (χ4n) is 4.20. The lowest BCUT2D eigenvalue weighted by molar-refractivity contribution is -0.138. The van der Waals surface area contributed by atoms with E-state index in [1.165, 1.54) is 122 Å². The Morgan fingerprint density at radius 3 is 1.32 bits per heavy atom. The number of ether oxygens (including phenoxy) is 2. The predicted octanol–water partition coefficient (Wildman–Crippen LogP) is 10.4. The minimum atomic E-state index is -0.225. The van der Waals surface area contributed by atoms with Gasteiger partial charge in [0.05, 0.1) is 13.7 Å². The van der Waals surface area contributed by atoms with E-state index in [0.29, 0.717) is 12.2 Å². The topological polar surface area (TPSA) is 52.6 Å². The molecule has 0 aliphatic rings. The molecule has 218 valence electrons. The Morgan fingerprint density at radius 1 is 0.568 bits per heavy atom. The van der Waals surface area contributed by atoms with Crippen molar-refractivity contribution in [1.82, 2.24) is 0 Å². The minimum absolute atomic E-state index is 0.187. The second-order valence-corrected chi connectivity index (χ2v) is 10.4. The van der Waals surface area contributed by atoms with E-state index in [-0.39, 0.29) is 11.9 Å². The molecule has 0 aromatic rings. The highest BCUT2D eigenvalue weighted by Crippen LogP contribution is 2.16. The summed E-state index contributed by atoms with van der Waals surface area (Å²) in [6.07, 6.45) is 25.5. The van der Waals surface area contributed by atoms with Crippen LogP contribution in [-0.4, -0.2) is 25.7 Å². The van der Waals surface area contributed by atoms with Gasteiger partial charge in [-0.2, -0.15) is 0 Å². The van der Waals surface area contributed by atoms with Crippen molar-refractivity contribution in [3.63, 3.8) is 0 Å². The molecule has 0 saturated heterocycles. The summed E-state index contributed by atoms with van der Waals surface area (Å²) in [5, 5.41) is 0. The van der Waals surface area contributed by atoms with E-state index >= 15 is 0 Å². The Hall–Kier alpha value is -1.58. The monoisotopic (exact) mass is 522 g/mol. The molecular weight excluding hydrogens is 460 g/mol. The zero-order valence-electron chi connectivity index (χ0n) is 25.7. The van der Waals surface area contributed by atoms with Crippen molar-refractivity contribution >= 4 is 11.9 Å². The fraction of sp³-hybridized carbons (Fsp3) is 0.818. The van der Waals surface area contributed by atoms with Gasteiger partial charge in [-0.25, -0.2) is 9.59 Å². The highest BCUT2D eigenvalue weighted by atomic mass is 16.5. The minimum Gasteiger partial charge on any atom is -0.466 e. The number of carbonyl (C=O) groups is 2. The smallest absolute Gasteiger partial charge is 0.333 e. The first-order chi connectivity index (χ1) is 17.8. The molecule has 0 radical (unpaired) electrons. The van der Waals surface area contributed by atoms with Gasteiger partial charge in [-0.3, -0.25) is 0 Å². The van der Waals surface area contributed by atoms with Crippen molar-refractivity contribution in [1.29, 1.82) is 0 Å². The second kappa shape index (κ2) is 29.0. The largest absolute Gasteiger partial charge is 0.466 e. The standard InChI is InChI=1S/C17H32O2.C16H30O2/c1-5-6-7-8-9-10-11-12-13-14-15(2)16(3)17(18)19-4;1-4-6-7-8-9-10-11-12-13-14-15(3)16(17)18-5-2/h5-14H2,1-4H3;3-14H2,1-2H3. The summed E-state index contributed by atoms with van der Waals surface area (Å²) in [5.74, 6) is -0.412. The molecule has 0 fully saturated rings. The molecule has 0 heterocycles. The summed E-state index contributed by atoms with van der Waals surface area (Å²) in [7, 11) is 1.44. The predicted molar refractivity (Wildman–Crippen MR) is 160 cm³/mol. The number of methoxy groups -OCH3 is 1. The number of allylic oxidation sites excluding steroid dienone is 1. The van der Waals surface area contributed by atoms with Crippen LogP contribution in [0.5, 0.6) is 0 Å². The van der Waals surface area contributed by atoms with Crippen LogP contribution in [0.4, 0.5) is 0 Å². The van der Waals surface area contributed by atoms with Crippen LogP contribution < -0.4 is 0 Å². The molecule has 0 aromatic carbocycles. The zero-order chi connectivity index (χ0) is 28.2. The molecule has 0 rings (SSSR count). The van der Waals surface area contributed by atoms with E-state index in [1.54, 1.807) is 0 Å². The third-order valence-electron chi connectivity index (χ3n) is 6.93. The SMILES string of the molecule is C=C(CCCCCCCCCCC)C(=O)OCC.CCCCCCCCCCCC(C)=C(C)C(=O)OC. The lowest BCUT2D eigenvalue weighted by Crippen LogP contribution is -2.06. The Balaban J connectivity index is 0. The first-order valence-corrected chi connectivity index (χ1v) is 15.4. The number of hydrogen-bond donors (Lipinski definition) is 0. The highest BCUT2D eigenvalue weighted by Gasteiger charge is 2.07. The Kier molecular flexibility index (Phi) is 29.4. The third-order valence-corrected chi connectivity index (χ3v) is 6.93. The van der Waals surface area contributed by atoms with Gasteiger partial charge in [0.2, 0.25) is 0 Å². The van der Waals surface area contributed by atoms with Gasteiger partial charge in [-0.15, -0.1) is 0 Å². The summed E-state index contributed by atoms with van der Waals surface area (Å²) in [6, 6.07) is 0. The maximum absolute atomic E-state index is 11.3. The quantitative estimate of drug-likeness (QED) is 0.0760. The first-order valence-electron chi connectivity index (χ1n) is 15.4. The highest BCUT2D eigenvalue weighted by molar-refractivity contribution is 5.88. The van der Waals surface area contributed by atoms with Gasteiger partial charge in [0.15, 0.2) is 0 Å². The van der Waals surface area contributed by atoms with Gasteiger partial charge in [0.25, 0.3) is 0 Å². The van der Waals surface area contributed by atoms with Crippen LogP contribution in [0.15, 0.2) is 23.3 Å². The van der Waals surface area contributed by atoms with Crippen LogP contribution in [0, 0.1) is 0 Å². The molecule has 4 heteroatoms. The van der Waals surface area contributed by atoms with Gasteiger partial charge < -0.3 is 9.47 Å². The van der Waals surface area contributed by atoms with Gasteiger partial charge in [-0.05, 0) is 46.5 Å². The second-order valence-electron chi connectivity index (χ2n) is 10.4. The summed E-state index contributed by atoms with van der Waals surface area (Å²) in [6.45, 7) is 14.4. The molecule has 0 aliphatic carbocycles. The van der Waals surface area contributed by atoms with Crippen LogP contribution in [0.25, 0.3) is 0 Å². The zero-order valence-corrected chi connectivity index (χ0v) is 25.7. The first kappa shape index (κ1) is 37.6. The maximum Gasteiger partial charge on any atom is 0.333 e. The maximum atomic E-state index is 11.3. The van der Waals surface area contributed by atoms with Crippen molar-refractivity contribution in [3.8, 4) is 0 Å². The van der Waals surface area contributed by atoms with Gasteiger partial charge in [-0.1, -0.05) is 129 Å². The summed E-state index contributed by atoms with van der Waals surface area (Å²) >= 11 is 0. The van der Waals surface area contributed by atoms with E-state index in [1.807, 2.05) is 20.8 Å². The Morgan fingerprint density at radius 2 is 0.946 bits per heavy atom. The van der Waals surface area contributed by atoms with E-state index in [2.05, 4.69) is 20.4 Å². The fourth-order valence-corrected chi connectivity index (χ4v) is 4.20. The molecular formula is C33H62O4. The van der Waals surface area contributed by atoms with E-state index in [4.69, 9.17) is 9.47 Å². The van der Waals surface area contributed by atoms with Crippen LogP contribution in [0.2, 0.25) is 0 Å². The van der Waals surface area contributed by atoms with Crippen molar-refractivity contribution in [2.24, 2.45) is 0 Å². The average molecular weight is 523 g/mol. The number of rotatable bonds is 23. The molecule has 0 N–H and O–H groups in total. The van der Waals surface area contributed by atoms with E-state index < -0.39 is 0 Å². The Bertz CT molecular complexity index is 591. The summed E-state index contributed by atoms with van der Waals surface area (Å²) in [5.41, 5.74) is 2.58. The van der Waals surface area contributed by atoms with Crippen molar-refractivity contribution in [2.45, 2.75) is 163 Å². The van der Waals surface area contributed by atoms with Crippen molar-refractivity contribution < 1.29 is 19.1 Å². The average Bonchev–Trinajstić information content (AvgIpc) is 2.90. The molecule has 37 heavy (non-hydrogen) atoms. The van der Waals surface area contributed by atoms with Crippen LogP contribution in [-0.2, 0) is 19.1 Å². The van der Waals surface area contributed by atoms with Gasteiger partial charge in [0, 0.05) is 11.1 Å². The van der Waals surface area contributed by atoms with Gasteiger partial charge >= 0.3 is 11.9 Å². The molecule has 0 amide bonds. The van der Waals surface area contributed by atoms with Crippen LogP contribution >= 0.6 is 0 Å². The number of unbranched alkanes of at least 4 members (excludes halogenated alkanes) is 16. The lowest BCUT2D eigenvalue weighted by Gasteiger charge is -2.06. The molecule has 0 bridgehead atoms. The van der Waals surface area contributed by atoms with E-state index in [9.17, 15) is 9.59 Å². The molecule has 0 saturated carbocycles. The Labute approximate surface area is 231 Å².